The predicted molar refractivity (Wildman–Crippen MR) is 85.3 cm³/mol. The van der Waals surface area contributed by atoms with Gasteiger partial charge in [0.1, 0.15) is 18.6 Å². The number of hydrogen-bond acceptors (Lipinski definition) is 6. The fraction of sp³-hybridized carbons (Fsp3) is 0.438. The second-order valence-corrected chi connectivity index (χ2v) is 5.13. The van der Waals surface area contributed by atoms with Gasteiger partial charge in [-0.25, -0.2) is 4.79 Å². The number of aliphatic hydroxyl groups excluding tert-OH is 2. The van der Waals surface area contributed by atoms with Gasteiger partial charge in [0.2, 0.25) is 5.91 Å². The van der Waals surface area contributed by atoms with Crippen LogP contribution in [0.2, 0.25) is 0 Å². The van der Waals surface area contributed by atoms with Crippen LogP contribution in [0.15, 0.2) is 12.1 Å². The van der Waals surface area contributed by atoms with Crippen LogP contribution in [-0.2, 0) is 21.0 Å². The number of carbonyl (C=O) groups is 3. The van der Waals surface area contributed by atoms with Gasteiger partial charge in [-0.15, -0.1) is 0 Å². The first-order chi connectivity index (χ1) is 11.3. The molecule has 1 fully saturated rings. The van der Waals surface area contributed by atoms with E-state index in [4.69, 9.17) is 15.0 Å². The van der Waals surface area contributed by atoms with Crippen LogP contribution in [0, 0.1) is 6.92 Å². The van der Waals surface area contributed by atoms with Gasteiger partial charge >= 0.3 is 5.97 Å². The van der Waals surface area contributed by atoms with E-state index < -0.39 is 18.1 Å². The molecule has 1 aliphatic heterocycles. The number of benzene rings is 1. The van der Waals surface area contributed by atoms with Gasteiger partial charge in [0.15, 0.2) is 0 Å². The minimum Gasteiger partial charge on any atom is -0.507 e. The number of phenols is 1. The van der Waals surface area contributed by atoms with Gasteiger partial charge in [0, 0.05) is 12.0 Å². The molecule has 1 amide bonds. The van der Waals surface area contributed by atoms with Gasteiger partial charge in [-0.2, -0.15) is 0 Å². The molecule has 2 atom stereocenters. The third kappa shape index (κ3) is 5.98. The van der Waals surface area contributed by atoms with Crippen molar-refractivity contribution < 1.29 is 34.8 Å². The summed E-state index contributed by atoms with van der Waals surface area (Å²) in [5, 5.41) is 38.5. The standard InChI is InChI=1S/C10H14O3.C5H7NO3.CH2O/c1-6-3-4-8(7(2)12)9(5-11)10(6)13;7-4-2-1-3(6-4)5(8)9;1-2/h3-4,7,11-13H,5H2,1-2H3;3H,1-2H2,(H,6,7)(H,8,9);1H2/t;3-;/m.0./s1. The summed E-state index contributed by atoms with van der Waals surface area (Å²) in [6, 6.07) is 2.79. The van der Waals surface area contributed by atoms with Crippen molar-refractivity contribution in [2.75, 3.05) is 0 Å². The van der Waals surface area contributed by atoms with Crippen molar-refractivity contribution >= 4 is 18.7 Å². The van der Waals surface area contributed by atoms with Crippen molar-refractivity contribution in [3.05, 3.63) is 28.8 Å². The predicted octanol–water partition coefficient (Wildman–Crippen LogP) is 0.411. The molecule has 8 heteroatoms. The Morgan fingerprint density at radius 1 is 1.42 bits per heavy atom. The molecule has 1 saturated heterocycles. The van der Waals surface area contributed by atoms with Crippen LogP contribution in [0.3, 0.4) is 0 Å². The highest BCUT2D eigenvalue weighted by molar-refractivity contribution is 5.87. The number of aryl methyl sites for hydroxylation is 1. The summed E-state index contributed by atoms with van der Waals surface area (Å²) in [7, 11) is 0. The summed E-state index contributed by atoms with van der Waals surface area (Å²) in [5.74, 6) is -1.04. The van der Waals surface area contributed by atoms with Crippen LogP contribution in [0.5, 0.6) is 5.75 Å². The Kier molecular flexibility index (Phi) is 9.29. The number of amides is 1. The molecular weight excluding hydrogens is 318 g/mol. The van der Waals surface area contributed by atoms with Crippen molar-refractivity contribution in [3.8, 4) is 5.75 Å². The van der Waals surface area contributed by atoms with Crippen molar-refractivity contribution in [1.82, 2.24) is 5.32 Å². The number of hydrogen-bond donors (Lipinski definition) is 5. The van der Waals surface area contributed by atoms with E-state index in [0.717, 1.165) is 0 Å². The quantitative estimate of drug-likeness (QED) is 0.535. The smallest absolute Gasteiger partial charge is 0.326 e. The molecule has 0 aromatic heterocycles. The molecule has 1 unspecified atom stereocenters. The van der Waals surface area contributed by atoms with Gasteiger partial charge in [-0.3, -0.25) is 4.79 Å². The average Bonchev–Trinajstić information content (AvgIpc) is 2.99. The molecule has 0 radical (unpaired) electrons. The Morgan fingerprint density at radius 2 is 2.00 bits per heavy atom. The molecule has 8 nitrogen and oxygen atoms in total. The molecule has 0 saturated carbocycles. The lowest BCUT2D eigenvalue weighted by Crippen LogP contribution is -2.32. The van der Waals surface area contributed by atoms with E-state index >= 15 is 0 Å². The summed E-state index contributed by atoms with van der Waals surface area (Å²) in [5.41, 5.74) is 1.69. The fourth-order valence-corrected chi connectivity index (χ4v) is 2.13. The number of carbonyl (C=O) groups excluding carboxylic acids is 2. The lowest BCUT2D eigenvalue weighted by atomic mass is 10.00. The number of aromatic hydroxyl groups is 1. The molecule has 1 heterocycles. The fourth-order valence-electron chi connectivity index (χ4n) is 2.13. The maximum Gasteiger partial charge on any atom is 0.326 e. The van der Waals surface area contributed by atoms with Gasteiger partial charge in [-0.1, -0.05) is 12.1 Å². The Morgan fingerprint density at radius 3 is 2.33 bits per heavy atom. The van der Waals surface area contributed by atoms with Gasteiger partial charge in [-0.05, 0) is 31.4 Å². The first kappa shape index (κ1) is 21.6. The minimum absolute atomic E-state index is 0.0703. The zero-order chi connectivity index (χ0) is 18.9. The highest BCUT2D eigenvalue weighted by Crippen LogP contribution is 2.29. The van der Waals surface area contributed by atoms with Crippen LogP contribution in [0.1, 0.15) is 42.6 Å². The van der Waals surface area contributed by atoms with E-state index in [1.165, 1.54) is 0 Å². The van der Waals surface area contributed by atoms with E-state index in [1.54, 1.807) is 26.0 Å². The minimum atomic E-state index is -0.944. The molecule has 0 spiro atoms. The summed E-state index contributed by atoms with van der Waals surface area (Å²) < 4.78 is 0. The number of aliphatic hydroxyl groups is 2. The summed E-state index contributed by atoms with van der Waals surface area (Å²) in [6.45, 7) is 5.09. The first-order valence-corrected chi connectivity index (χ1v) is 7.19. The van der Waals surface area contributed by atoms with Crippen molar-refractivity contribution in [2.24, 2.45) is 0 Å². The molecule has 1 aromatic rings. The largest absolute Gasteiger partial charge is 0.507 e. The number of aliphatic carboxylic acids is 1. The highest BCUT2D eigenvalue weighted by atomic mass is 16.4. The van der Waals surface area contributed by atoms with E-state index in [2.05, 4.69) is 5.32 Å². The molecular formula is C16H23NO7. The molecule has 0 aliphatic carbocycles. The monoisotopic (exact) mass is 341 g/mol. The molecule has 24 heavy (non-hydrogen) atoms. The van der Waals surface area contributed by atoms with Crippen molar-refractivity contribution in [3.63, 3.8) is 0 Å². The summed E-state index contributed by atoms with van der Waals surface area (Å²) >= 11 is 0. The SMILES string of the molecule is C=O.Cc1ccc(C(C)O)c(CO)c1O.O=C1CC[C@@H](C(=O)O)N1. The van der Waals surface area contributed by atoms with Gasteiger partial charge in [0.25, 0.3) is 0 Å². The van der Waals surface area contributed by atoms with Gasteiger partial charge in [0.05, 0.1) is 12.7 Å². The molecule has 134 valence electrons. The Labute approximate surface area is 139 Å². The Hall–Kier alpha value is -2.45. The summed E-state index contributed by atoms with van der Waals surface area (Å²) in [6.07, 6.45) is 0.0964. The Bertz CT molecular complexity index is 572. The van der Waals surface area contributed by atoms with Gasteiger partial charge < -0.3 is 30.5 Å². The third-order valence-electron chi connectivity index (χ3n) is 3.42. The maximum atomic E-state index is 10.4. The van der Waals surface area contributed by atoms with Crippen LogP contribution in [0.25, 0.3) is 0 Å². The molecule has 5 N–H and O–H groups in total. The molecule has 1 aromatic carbocycles. The topological polar surface area (TPSA) is 144 Å². The Balaban J connectivity index is 0.000000420. The van der Waals surface area contributed by atoms with Crippen LogP contribution < -0.4 is 5.32 Å². The maximum absolute atomic E-state index is 10.4. The zero-order valence-electron chi connectivity index (χ0n) is 13.7. The number of nitrogens with one attached hydrogen (secondary N) is 1. The molecule has 2 rings (SSSR count). The average molecular weight is 341 g/mol. The third-order valence-corrected chi connectivity index (χ3v) is 3.42. The number of carboxylic acid groups (broad SMARTS) is 1. The molecule has 1 aliphatic rings. The molecule has 0 bridgehead atoms. The van der Waals surface area contributed by atoms with E-state index in [9.17, 15) is 19.8 Å². The lowest BCUT2D eigenvalue weighted by Gasteiger charge is -2.13. The van der Waals surface area contributed by atoms with Crippen LogP contribution in [-0.4, -0.2) is 45.1 Å². The van der Waals surface area contributed by atoms with E-state index in [0.29, 0.717) is 29.5 Å². The first-order valence-electron chi connectivity index (χ1n) is 7.19. The van der Waals surface area contributed by atoms with Crippen LogP contribution >= 0.6 is 0 Å². The normalized spacial score (nSPS) is 16.8. The van der Waals surface area contributed by atoms with Crippen LogP contribution in [0.4, 0.5) is 0 Å². The van der Waals surface area contributed by atoms with Crippen molar-refractivity contribution in [2.45, 2.75) is 45.4 Å². The second kappa shape index (κ2) is 10.3. The zero-order valence-corrected chi connectivity index (χ0v) is 13.7. The van der Waals surface area contributed by atoms with Crippen molar-refractivity contribution in [1.29, 1.82) is 0 Å². The van der Waals surface area contributed by atoms with E-state index in [-0.39, 0.29) is 18.3 Å². The summed E-state index contributed by atoms with van der Waals surface area (Å²) in [4.78, 5) is 28.5. The highest BCUT2D eigenvalue weighted by Gasteiger charge is 2.26. The number of rotatable bonds is 3. The number of carboxylic acids is 1. The second-order valence-electron chi connectivity index (χ2n) is 5.13. The lowest BCUT2D eigenvalue weighted by molar-refractivity contribution is -0.140. The van der Waals surface area contributed by atoms with E-state index in [1.807, 2.05) is 6.79 Å².